The second-order valence-electron chi connectivity index (χ2n) is 5.25. The molecule has 0 radical (unpaired) electrons. The number of hydrogen-bond acceptors (Lipinski definition) is 4. The van der Waals surface area contributed by atoms with Crippen molar-refractivity contribution < 1.29 is 14.3 Å². The fraction of sp³-hybridized carbons (Fsp3) is 0.176. The molecule has 1 amide bonds. The number of rotatable bonds is 4. The Morgan fingerprint density at radius 2 is 1.96 bits per heavy atom. The predicted molar refractivity (Wildman–Crippen MR) is 98.3 cm³/mol. The third-order valence-electron chi connectivity index (χ3n) is 3.27. The molecule has 5 nitrogen and oxygen atoms in total. The summed E-state index contributed by atoms with van der Waals surface area (Å²) in [6.07, 6.45) is -0.985. The highest BCUT2D eigenvalue weighted by molar-refractivity contribution is 9.10. The summed E-state index contributed by atoms with van der Waals surface area (Å²) in [7, 11) is 0. The fourth-order valence-electron chi connectivity index (χ4n) is 1.95. The van der Waals surface area contributed by atoms with Gasteiger partial charge in [0.05, 0.1) is 11.3 Å². The molecule has 0 aliphatic rings. The lowest BCUT2D eigenvalue weighted by Gasteiger charge is -2.15. The van der Waals surface area contributed by atoms with Gasteiger partial charge < -0.3 is 15.8 Å². The highest BCUT2D eigenvalue weighted by Gasteiger charge is 2.21. The molecular weight excluding hydrogens is 396 g/mol. The smallest absolute Gasteiger partial charge is 0.341 e. The maximum atomic E-state index is 12.2. The summed E-state index contributed by atoms with van der Waals surface area (Å²) in [5.74, 6) is -1.13. The molecule has 3 N–H and O–H groups in total. The summed E-state index contributed by atoms with van der Waals surface area (Å²) in [6.45, 7) is 3.43. The number of esters is 1. The van der Waals surface area contributed by atoms with Crippen molar-refractivity contribution in [1.29, 1.82) is 0 Å². The lowest BCUT2D eigenvalue weighted by molar-refractivity contribution is -0.123. The van der Waals surface area contributed by atoms with Crippen molar-refractivity contribution in [2.75, 3.05) is 11.1 Å². The molecule has 24 heavy (non-hydrogen) atoms. The molecule has 1 atom stereocenters. The van der Waals surface area contributed by atoms with E-state index in [0.717, 1.165) is 10.0 Å². The van der Waals surface area contributed by atoms with Gasteiger partial charge in [0.25, 0.3) is 5.91 Å². The molecule has 126 valence electrons. The first-order valence-corrected chi connectivity index (χ1v) is 8.28. The fourth-order valence-corrected chi connectivity index (χ4v) is 2.73. The zero-order chi connectivity index (χ0) is 17.9. The first-order valence-electron chi connectivity index (χ1n) is 7.11. The van der Waals surface area contributed by atoms with Gasteiger partial charge in [0.2, 0.25) is 0 Å². The standard InChI is InChI=1S/C17H16BrClN2O3/c1-9-3-6-15(13(18)7-9)21-16(22)10(2)24-17(23)12-5-4-11(19)8-14(12)20/h3-8,10H,20H2,1-2H3,(H,21,22)/t10-/m1/s1. The number of halogens is 2. The maximum Gasteiger partial charge on any atom is 0.341 e. The van der Waals surface area contributed by atoms with Crippen LogP contribution in [0, 0.1) is 6.92 Å². The predicted octanol–water partition coefficient (Wildman–Crippen LogP) is 4.18. The number of nitrogens with two attached hydrogens (primary N) is 1. The molecule has 0 aromatic heterocycles. The van der Waals surface area contributed by atoms with Gasteiger partial charge >= 0.3 is 5.97 Å². The number of nitrogen functional groups attached to an aromatic ring is 1. The molecule has 0 aliphatic heterocycles. The number of ether oxygens (including phenoxy) is 1. The number of benzene rings is 2. The first-order chi connectivity index (χ1) is 11.3. The van der Waals surface area contributed by atoms with Crippen LogP contribution in [-0.2, 0) is 9.53 Å². The molecule has 0 saturated carbocycles. The Morgan fingerprint density at radius 3 is 2.58 bits per heavy atom. The average Bonchev–Trinajstić information content (AvgIpc) is 2.49. The molecule has 0 aliphatic carbocycles. The van der Waals surface area contributed by atoms with Gasteiger partial charge in [-0.05, 0) is 65.7 Å². The van der Waals surface area contributed by atoms with Crippen molar-refractivity contribution in [3.63, 3.8) is 0 Å². The Morgan fingerprint density at radius 1 is 1.25 bits per heavy atom. The molecule has 2 aromatic rings. The van der Waals surface area contributed by atoms with E-state index in [2.05, 4.69) is 21.2 Å². The zero-order valence-electron chi connectivity index (χ0n) is 13.1. The van der Waals surface area contributed by atoms with Crippen molar-refractivity contribution >= 4 is 50.8 Å². The van der Waals surface area contributed by atoms with Gasteiger partial charge in [0.1, 0.15) is 0 Å². The minimum absolute atomic E-state index is 0.163. The van der Waals surface area contributed by atoms with Crippen molar-refractivity contribution in [1.82, 2.24) is 0 Å². The Hall–Kier alpha value is -2.05. The average molecular weight is 412 g/mol. The van der Waals surface area contributed by atoms with E-state index in [1.165, 1.54) is 25.1 Å². The van der Waals surface area contributed by atoms with E-state index in [-0.39, 0.29) is 11.3 Å². The van der Waals surface area contributed by atoms with Gasteiger partial charge in [0, 0.05) is 15.2 Å². The SMILES string of the molecule is Cc1ccc(NC(=O)[C@@H](C)OC(=O)c2ccc(Cl)cc2N)c(Br)c1. The molecule has 7 heteroatoms. The molecular formula is C17H16BrClN2O3. The van der Waals surface area contributed by atoms with Crippen LogP contribution in [0.25, 0.3) is 0 Å². The van der Waals surface area contributed by atoms with E-state index in [4.69, 9.17) is 22.1 Å². The Balaban J connectivity index is 2.04. The number of carbonyl (C=O) groups is 2. The third kappa shape index (κ3) is 4.49. The Labute approximate surface area is 153 Å². The van der Waals surface area contributed by atoms with Gasteiger partial charge in [-0.2, -0.15) is 0 Å². The monoisotopic (exact) mass is 410 g/mol. The van der Waals surface area contributed by atoms with Crippen LogP contribution in [-0.4, -0.2) is 18.0 Å². The second kappa shape index (κ2) is 7.68. The Bertz CT molecular complexity index is 795. The van der Waals surface area contributed by atoms with Crippen molar-refractivity contribution in [3.8, 4) is 0 Å². The van der Waals surface area contributed by atoms with E-state index in [1.807, 2.05) is 19.1 Å². The summed E-state index contributed by atoms with van der Waals surface area (Å²) in [4.78, 5) is 24.3. The van der Waals surface area contributed by atoms with E-state index >= 15 is 0 Å². The highest BCUT2D eigenvalue weighted by Crippen LogP contribution is 2.24. The molecule has 2 aromatic carbocycles. The molecule has 0 fully saturated rings. The minimum Gasteiger partial charge on any atom is -0.449 e. The summed E-state index contributed by atoms with van der Waals surface area (Å²) in [5.41, 5.74) is 7.75. The van der Waals surface area contributed by atoms with E-state index < -0.39 is 18.0 Å². The molecule has 2 rings (SSSR count). The van der Waals surface area contributed by atoms with Crippen LogP contribution in [0.5, 0.6) is 0 Å². The van der Waals surface area contributed by atoms with E-state index in [1.54, 1.807) is 6.07 Å². The summed E-state index contributed by atoms with van der Waals surface area (Å²) in [5, 5.41) is 3.12. The van der Waals surface area contributed by atoms with Crippen LogP contribution in [0.3, 0.4) is 0 Å². The van der Waals surface area contributed by atoms with Crippen LogP contribution in [0.4, 0.5) is 11.4 Å². The normalized spacial score (nSPS) is 11.7. The first kappa shape index (κ1) is 18.3. The van der Waals surface area contributed by atoms with Crippen molar-refractivity contribution in [2.24, 2.45) is 0 Å². The number of nitrogens with one attached hydrogen (secondary N) is 1. The number of hydrogen-bond donors (Lipinski definition) is 2. The van der Waals surface area contributed by atoms with Crippen molar-refractivity contribution in [3.05, 3.63) is 57.0 Å². The quantitative estimate of drug-likeness (QED) is 0.584. The van der Waals surface area contributed by atoms with Crippen LogP contribution in [0.2, 0.25) is 5.02 Å². The third-order valence-corrected chi connectivity index (χ3v) is 4.16. The van der Waals surface area contributed by atoms with Crippen LogP contribution in [0.15, 0.2) is 40.9 Å². The van der Waals surface area contributed by atoms with Gasteiger partial charge in [-0.15, -0.1) is 0 Å². The van der Waals surface area contributed by atoms with Crippen molar-refractivity contribution in [2.45, 2.75) is 20.0 Å². The van der Waals surface area contributed by atoms with Gasteiger partial charge in [-0.1, -0.05) is 17.7 Å². The molecule has 0 heterocycles. The second-order valence-corrected chi connectivity index (χ2v) is 6.54. The molecule has 0 unspecified atom stereocenters. The Kier molecular flexibility index (Phi) is 5.85. The topological polar surface area (TPSA) is 81.4 Å². The summed E-state index contributed by atoms with van der Waals surface area (Å²) >= 11 is 9.17. The minimum atomic E-state index is -0.985. The maximum absolute atomic E-state index is 12.2. The lowest BCUT2D eigenvalue weighted by Crippen LogP contribution is -2.30. The van der Waals surface area contributed by atoms with E-state index in [9.17, 15) is 9.59 Å². The molecule has 0 bridgehead atoms. The van der Waals surface area contributed by atoms with Gasteiger partial charge in [-0.25, -0.2) is 4.79 Å². The number of amides is 1. The number of carbonyl (C=O) groups excluding carboxylic acids is 2. The largest absolute Gasteiger partial charge is 0.449 e. The molecule has 0 saturated heterocycles. The molecule has 0 spiro atoms. The van der Waals surface area contributed by atoms with Crippen LogP contribution >= 0.6 is 27.5 Å². The zero-order valence-corrected chi connectivity index (χ0v) is 15.4. The van der Waals surface area contributed by atoms with Gasteiger partial charge in [0.15, 0.2) is 6.10 Å². The number of aryl methyl sites for hydroxylation is 1. The van der Waals surface area contributed by atoms with Gasteiger partial charge in [-0.3, -0.25) is 4.79 Å². The lowest BCUT2D eigenvalue weighted by atomic mass is 10.2. The summed E-state index contributed by atoms with van der Waals surface area (Å²) in [6, 6.07) is 9.95. The van der Waals surface area contributed by atoms with E-state index in [0.29, 0.717) is 10.7 Å². The number of anilines is 2. The van der Waals surface area contributed by atoms with Crippen LogP contribution in [0.1, 0.15) is 22.8 Å². The highest BCUT2D eigenvalue weighted by atomic mass is 79.9. The van der Waals surface area contributed by atoms with Crippen LogP contribution < -0.4 is 11.1 Å². The summed E-state index contributed by atoms with van der Waals surface area (Å²) < 4.78 is 5.91.